The van der Waals surface area contributed by atoms with E-state index < -0.39 is 24.3 Å². The van der Waals surface area contributed by atoms with Gasteiger partial charge in [0.05, 0.1) is 19.8 Å². The van der Waals surface area contributed by atoms with Crippen LogP contribution in [0.15, 0.2) is 0 Å². The van der Waals surface area contributed by atoms with Gasteiger partial charge in [0.15, 0.2) is 0 Å². The van der Waals surface area contributed by atoms with Gasteiger partial charge >= 0.3 is 0 Å². The van der Waals surface area contributed by atoms with Crippen LogP contribution in [0.3, 0.4) is 0 Å². The molecular formula is C27H57BO5. The minimum atomic E-state index is -0.888. The molecule has 5 nitrogen and oxygen atoms in total. The fraction of sp³-hybridized carbons (Fsp3) is 1.00. The molecule has 198 valence electrons. The Morgan fingerprint density at radius 3 is 1.58 bits per heavy atom. The second-order valence-corrected chi connectivity index (χ2v) is 8.36. The number of ether oxygens (including phenoxy) is 3. The Labute approximate surface area is 207 Å². The second-order valence-electron chi connectivity index (χ2n) is 8.36. The van der Waals surface area contributed by atoms with Gasteiger partial charge in [0.1, 0.15) is 26.2 Å². The topological polar surface area (TPSA) is 68.2 Å². The highest BCUT2D eigenvalue weighted by molar-refractivity contribution is 6.11. The summed E-state index contributed by atoms with van der Waals surface area (Å²) in [7, 11) is 5.75. The zero-order valence-corrected chi connectivity index (χ0v) is 22.7. The van der Waals surface area contributed by atoms with Gasteiger partial charge in [-0.2, -0.15) is 0 Å². The lowest BCUT2D eigenvalue weighted by atomic mass is 9.93. The molecule has 1 aliphatic rings. The maximum Gasteiger partial charge on any atom is 0.112 e. The molecule has 4 unspecified atom stereocenters. The largest absolute Gasteiger partial charge is 0.394 e. The van der Waals surface area contributed by atoms with E-state index >= 15 is 0 Å². The van der Waals surface area contributed by atoms with Crippen molar-refractivity contribution in [2.24, 2.45) is 0 Å². The van der Waals surface area contributed by atoms with Crippen molar-refractivity contribution in [1.82, 2.24) is 0 Å². The maximum absolute atomic E-state index is 9.93. The summed E-state index contributed by atoms with van der Waals surface area (Å²) in [5, 5.41) is 19.0. The van der Waals surface area contributed by atoms with E-state index in [1.165, 1.54) is 83.5 Å². The summed E-state index contributed by atoms with van der Waals surface area (Å²) in [6, 6.07) is -0.701. The molecule has 0 bridgehead atoms. The van der Waals surface area contributed by atoms with Crippen molar-refractivity contribution in [1.29, 1.82) is 0 Å². The molecule has 4 atom stereocenters. The molecule has 0 spiro atoms. The number of aliphatic hydroxyl groups is 2. The lowest BCUT2D eigenvalue weighted by Crippen LogP contribution is -2.37. The first-order valence-corrected chi connectivity index (χ1v) is 14.1. The van der Waals surface area contributed by atoms with Crippen LogP contribution in [-0.4, -0.2) is 68.8 Å². The van der Waals surface area contributed by atoms with Crippen LogP contribution in [0.5, 0.6) is 0 Å². The highest BCUT2D eigenvalue weighted by Crippen LogP contribution is 2.21. The Bertz CT molecular complexity index is 359. The molecule has 0 aromatic heterocycles. The lowest BCUT2D eigenvalue weighted by molar-refractivity contribution is -0.0465. The van der Waals surface area contributed by atoms with Gasteiger partial charge in [-0.3, -0.25) is 0 Å². The summed E-state index contributed by atoms with van der Waals surface area (Å²) in [5.74, 6) is 0. The zero-order valence-electron chi connectivity index (χ0n) is 22.7. The molecule has 33 heavy (non-hydrogen) atoms. The van der Waals surface area contributed by atoms with Crippen molar-refractivity contribution in [2.75, 3.05) is 26.4 Å². The average Bonchev–Trinajstić information content (AvgIpc) is 3.13. The Kier molecular flexibility index (Phi) is 29.8. The van der Waals surface area contributed by atoms with E-state index in [0.717, 1.165) is 13.0 Å². The van der Waals surface area contributed by atoms with E-state index in [2.05, 4.69) is 6.92 Å². The number of unbranched alkanes of at least 4 members (excludes halogenated alkanes) is 13. The normalized spacial score (nSPS) is 21.8. The summed E-state index contributed by atoms with van der Waals surface area (Å²) < 4.78 is 16.4. The molecule has 1 fully saturated rings. The van der Waals surface area contributed by atoms with Gasteiger partial charge < -0.3 is 24.4 Å². The monoisotopic (exact) mass is 472 g/mol. The van der Waals surface area contributed by atoms with Crippen molar-refractivity contribution in [3.63, 3.8) is 0 Å². The van der Waals surface area contributed by atoms with Crippen LogP contribution in [0, 0.1) is 0 Å². The van der Waals surface area contributed by atoms with Crippen molar-refractivity contribution in [3.05, 3.63) is 0 Å². The SMILES string of the molecule is CC.CC.[B]C1OC(CO)C(O)C1OCCOCCCCCCCCCCCCCCCC. The highest BCUT2D eigenvalue weighted by atomic mass is 16.6. The fourth-order valence-electron chi connectivity index (χ4n) is 3.85. The third-order valence-electron chi connectivity index (χ3n) is 5.73. The number of hydrogen-bond acceptors (Lipinski definition) is 5. The first kappa shape index (κ1) is 35.0. The molecule has 0 aromatic carbocycles. The van der Waals surface area contributed by atoms with E-state index in [-0.39, 0.29) is 6.61 Å². The predicted molar refractivity (Wildman–Crippen MR) is 141 cm³/mol. The molecule has 0 aromatic rings. The zero-order chi connectivity index (χ0) is 25.2. The predicted octanol–water partition coefficient (Wildman–Crippen LogP) is 6.17. The van der Waals surface area contributed by atoms with Crippen LogP contribution in [0.25, 0.3) is 0 Å². The Hall–Kier alpha value is -0.135. The second kappa shape index (κ2) is 28.1. The summed E-state index contributed by atoms with van der Waals surface area (Å²) in [6.07, 6.45) is 16.8. The maximum atomic E-state index is 9.93. The Balaban J connectivity index is 0. The summed E-state index contributed by atoms with van der Waals surface area (Å²) in [5.41, 5.74) is 0. The van der Waals surface area contributed by atoms with E-state index in [9.17, 15) is 5.11 Å². The summed E-state index contributed by atoms with van der Waals surface area (Å²) >= 11 is 0. The molecule has 0 amide bonds. The van der Waals surface area contributed by atoms with Crippen LogP contribution in [-0.2, 0) is 14.2 Å². The lowest BCUT2D eigenvalue weighted by Gasteiger charge is -2.18. The van der Waals surface area contributed by atoms with Crippen LogP contribution >= 0.6 is 0 Å². The van der Waals surface area contributed by atoms with Gasteiger partial charge in [0.25, 0.3) is 0 Å². The molecule has 6 heteroatoms. The minimum absolute atomic E-state index is 0.260. The average molecular weight is 473 g/mol. The van der Waals surface area contributed by atoms with E-state index in [1.54, 1.807) is 0 Å². The number of rotatable bonds is 20. The van der Waals surface area contributed by atoms with Crippen LogP contribution < -0.4 is 0 Å². The molecule has 0 saturated carbocycles. The smallest absolute Gasteiger partial charge is 0.112 e. The molecule has 1 rings (SSSR count). The van der Waals surface area contributed by atoms with Crippen molar-refractivity contribution < 1.29 is 24.4 Å². The van der Waals surface area contributed by atoms with E-state index in [1.807, 2.05) is 27.7 Å². The van der Waals surface area contributed by atoms with Gasteiger partial charge in [0.2, 0.25) is 0 Å². The first-order valence-electron chi connectivity index (χ1n) is 14.1. The Morgan fingerprint density at radius 1 is 0.697 bits per heavy atom. The summed E-state index contributed by atoms with van der Waals surface area (Å²) in [6.45, 7) is 11.6. The van der Waals surface area contributed by atoms with Crippen LogP contribution in [0.2, 0.25) is 0 Å². The first-order chi connectivity index (χ1) is 16.2. The quantitative estimate of drug-likeness (QED) is 0.164. The molecular weight excluding hydrogens is 415 g/mol. The number of hydrogen-bond donors (Lipinski definition) is 2. The number of aliphatic hydroxyl groups excluding tert-OH is 2. The van der Waals surface area contributed by atoms with Crippen molar-refractivity contribution in [2.45, 2.75) is 149 Å². The highest BCUT2D eigenvalue weighted by Gasteiger charge is 2.41. The van der Waals surface area contributed by atoms with Gasteiger partial charge in [-0.25, -0.2) is 0 Å². The summed E-state index contributed by atoms with van der Waals surface area (Å²) in [4.78, 5) is 0. The Morgan fingerprint density at radius 2 is 1.15 bits per heavy atom. The third-order valence-corrected chi connectivity index (χ3v) is 5.73. The molecule has 2 N–H and O–H groups in total. The van der Waals surface area contributed by atoms with Gasteiger partial charge in [-0.15, -0.1) is 0 Å². The van der Waals surface area contributed by atoms with Gasteiger partial charge in [0, 0.05) is 12.6 Å². The fourth-order valence-corrected chi connectivity index (χ4v) is 3.85. The third kappa shape index (κ3) is 19.8. The van der Waals surface area contributed by atoms with E-state index in [0.29, 0.717) is 13.2 Å². The van der Waals surface area contributed by atoms with Gasteiger partial charge in [-0.05, 0) is 6.42 Å². The molecule has 1 aliphatic heterocycles. The molecule has 2 radical (unpaired) electrons. The standard InChI is InChI=1S/C23H45BO5.2C2H6/c1-2-3-4-5-6-7-8-9-10-11-12-13-14-15-16-27-17-18-28-22-21(26)20(19-25)29-23(22)24;2*1-2/h20-23,25-26H,2-19H2,1H3;2*1-2H3. The molecule has 1 heterocycles. The van der Waals surface area contributed by atoms with Crippen LogP contribution in [0.4, 0.5) is 0 Å². The van der Waals surface area contributed by atoms with Crippen molar-refractivity contribution in [3.8, 4) is 0 Å². The molecule has 1 saturated heterocycles. The molecule has 0 aliphatic carbocycles. The minimum Gasteiger partial charge on any atom is -0.394 e. The van der Waals surface area contributed by atoms with Crippen LogP contribution in [0.1, 0.15) is 125 Å². The van der Waals surface area contributed by atoms with Gasteiger partial charge in [-0.1, -0.05) is 118 Å². The van der Waals surface area contributed by atoms with E-state index in [4.69, 9.17) is 27.2 Å². The van der Waals surface area contributed by atoms with Crippen molar-refractivity contribution >= 4 is 7.85 Å².